The van der Waals surface area contributed by atoms with Crippen molar-refractivity contribution in [1.29, 1.82) is 0 Å². The molecule has 0 spiro atoms. The first-order valence-electron chi connectivity index (χ1n) is 16.2. The number of cyclic esters (lactones) is 1. The van der Waals surface area contributed by atoms with Crippen molar-refractivity contribution in [3.63, 3.8) is 0 Å². The highest BCUT2D eigenvalue weighted by Crippen LogP contribution is 2.57. The van der Waals surface area contributed by atoms with Gasteiger partial charge in [-0.15, -0.1) is 0 Å². The van der Waals surface area contributed by atoms with E-state index in [0.29, 0.717) is 18.3 Å². The molecule has 9 heteroatoms. The van der Waals surface area contributed by atoms with Crippen LogP contribution in [0.15, 0.2) is 12.2 Å². The molecule has 9 nitrogen and oxygen atoms in total. The second-order valence-corrected chi connectivity index (χ2v) is 13.4. The number of carbonyl (C=O) groups excluding carboxylic acids is 2. The second-order valence-electron chi connectivity index (χ2n) is 13.4. The van der Waals surface area contributed by atoms with Crippen molar-refractivity contribution in [3.8, 4) is 0 Å². The summed E-state index contributed by atoms with van der Waals surface area (Å²) in [5.41, 5.74) is 0. The fourth-order valence-electron chi connectivity index (χ4n) is 8.93. The lowest BCUT2D eigenvalue weighted by molar-refractivity contribution is -0.314. The van der Waals surface area contributed by atoms with Gasteiger partial charge in [0, 0.05) is 39.6 Å². The fraction of sp³-hybridized carbons (Fsp3) is 0.879. The van der Waals surface area contributed by atoms with Gasteiger partial charge in [-0.05, 0) is 81.5 Å². The minimum Gasteiger partial charge on any atom is -0.462 e. The van der Waals surface area contributed by atoms with Gasteiger partial charge in [-0.3, -0.25) is 9.59 Å². The molecule has 2 aliphatic heterocycles. The van der Waals surface area contributed by atoms with Gasteiger partial charge in [-0.2, -0.15) is 0 Å². The molecule has 42 heavy (non-hydrogen) atoms. The normalized spacial score (nSPS) is 48.0. The topological polar surface area (TPSA) is 110 Å². The van der Waals surface area contributed by atoms with Crippen LogP contribution >= 0.6 is 0 Å². The first kappa shape index (κ1) is 32.0. The molecule has 2 saturated heterocycles. The number of carbonyl (C=O) groups is 2. The molecule has 0 amide bonds. The Balaban J connectivity index is 1.32. The van der Waals surface area contributed by atoms with Crippen LogP contribution in [0.3, 0.4) is 0 Å². The highest BCUT2D eigenvalue weighted by molar-refractivity contribution is 5.85. The van der Waals surface area contributed by atoms with Crippen LogP contribution in [0, 0.1) is 41.4 Å². The zero-order valence-electron chi connectivity index (χ0n) is 26.2. The van der Waals surface area contributed by atoms with Crippen LogP contribution in [0.2, 0.25) is 0 Å². The van der Waals surface area contributed by atoms with Gasteiger partial charge >= 0.3 is 5.97 Å². The molecule has 2 saturated carbocycles. The third kappa shape index (κ3) is 6.24. The summed E-state index contributed by atoms with van der Waals surface area (Å²) in [5, 5.41) is 10.9. The number of esters is 1. The van der Waals surface area contributed by atoms with Gasteiger partial charge in [-0.25, -0.2) is 0 Å². The monoisotopic (exact) mass is 592 g/mol. The second kappa shape index (κ2) is 13.7. The van der Waals surface area contributed by atoms with Crippen LogP contribution in [-0.4, -0.2) is 87.2 Å². The molecular formula is C33H52O9. The number of methoxy groups -OCH3 is 3. The molecule has 15 atom stereocenters. The molecule has 1 N–H and O–H groups in total. The summed E-state index contributed by atoms with van der Waals surface area (Å²) in [6.07, 6.45) is 7.45. The molecule has 0 aromatic rings. The minimum atomic E-state index is -0.666. The summed E-state index contributed by atoms with van der Waals surface area (Å²) in [6.45, 7) is 5.86. The molecule has 3 aliphatic carbocycles. The molecule has 0 bridgehead atoms. The van der Waals surface area contributed by atoms with Crippen molar-refractivity contribution in [3.05, 3.63) is 12.2 Å². The standard InChI is InChI=1S/C33H52O9/c1-7-20-9-8-10-27(34)17(2)29(36)26-15-24-22(25(26)16-28(35)41-20)12-11-19-13-21(14-23(19)24)42-33-32(39-6)31(38-5)30(37-4)18(3)40-33/h11-12,17-27,30-34H,7-10,13-16H2,1-6H3/t17-,18+,19-,20+,21-,22-,23-,24-,25+,26?,27+,30+,31-,32-,33+/m1/s1. The van der Waals surface area contributed by atoms with Gasteiger partial charge in [0.05, 0.1) is 18.3 Å². The number of hydrogen-bond donors (Lipinski definition) is 1. The van der Waals surface area contributed by atoms with E-state index in [1.165, 1.54) is 0 Å². The summed E-state index contributed by atoms with van der Waals surface area (Å²) in [7, 11) is 4.95. The van der Waals surface area contributed by atoms with Crippen LogP contribution in [0.1, 0.15) is 72.1 Å². The Bertz CT molecular complexity index is 969. The van der Waals surface area contributed by atoms with Gasteiger partial charge < -0.3 is 33.5 Å². The highest BCUT2D eigenvalue weighted by atomic mass is 16.7. The van der Waals surface area contributed by atoms with Gasteiger partial charge in [0.2, 0.25) is 0 Å². The van der Waals surface area contributed by atoms with Crippen LogP contribution in [0.4, 0.5) is 0 Å². The molecule has 0 radical (unpaired) electrons. The summed E-state index contributed by atoms with van der Waals surface area (Å²) < 4.78 is 36.0. The Kier molecular flexibility index (Phi) is 10.5. The summed E-state index contributed by atoms with van der Waals surface area (Å²) in [5.74, 6) is 0.229. The third-order valence-electron chi connectivity index (χ3n) is 11.2. The van der Waals surface area contributed by atoms with E-state index >= 15 is 0 Å². The number of fused-ring (bicyclic) bond motifs is 5. The zero-order chi connectivity index (χ0) is 30.1. The number of aliphatic hydroxyl groups is 1. The van der Waals surface area contributed by atoms with E-state index in [9.17, 15) is 14.7 Å². The van der Waals surface area contributed by atoms with Crippen LogP contribution in [0.25, 0.3) is 0 Å². The number of ether oxygens (including phenoxy) is 6. The van der Waals surface area contributed by atoms with Crippen molar-refractivity contribution < 1.29 is 43.1 Å². The number of aliphatic hydroxyl groups excluding tert-OH is 1. The Morgan fingerprint density at radius 3 is 2.33 bits per heavy atom. The number of hydrogen-bond acceptors (Lipinski definition) is 9. The Labute approximate surface area is 250 Å². The van der Waals surface area contributed by atoms with E-state index < -0.39 is 24.4 Å². The molecule has 1 unspecified atom stereocenters. The Morgan fingerprint density at radius 1 is 0.905 bits per heavy atom. The van der Waals surface area contributed by atoms with E-state index in [1.807, 2.05) is 20.8 Å². The number of Topliss-reactive ketones (excluding diaryl/α,β-unsaturated/α-hetero) is 1. The molecule has 5 aliphatic rings. The summed E-state index contributed by atoms with van der Waals surface area (Å²) in [6, 6.07) is 0. The predicted octanol–water partition coefficient (Wildman–Crippen LogP) is 4.09. The van der Waals surface area contributed by atoms with Crippen molar-refractivity contribution in [2.24, 2.45) is 41.4 Å². The van der Waals surface area contributed by atoms with Crippen molar-refractivity contribution in [2.45, 2.75) is 121 Å². The van der Waals surface area contributed by atoms with Gasteiger partial charge in [-0.1, -0.05) is 26.0 Å². The molecule has 5 rings (SSSR count). The number of allylic oxidation sites excluding steroid dienone is 2. The third-order valence-corrected chi connectivity index (χ3v) is 11.2. The first-order valence-corrected chi connectivity index (χ1v) is 16.2. The van der Waals surface area contributed by atoms with E-state index in [0.717, 1.165) is 38.5 Å². The maximum atomic E-state index is 13.8. The van der Waals surface area contributed by atoms with Gasteiger partial charge in [0.25, 0.3) is 0 Å². The van der Waals surface area contributed by atoms with E-state index in [2.05, 4.69) is 12.2 Å². The zero-order valence-corrected chi connectivity index (χ0v) is 26.2. The summed E-state index contributed by atoms with van der Waals surface area (Å²) >= 11 is 0. The largest absolute Gasteiger partial charge is 0.462 e. The van der Waals surface area contributed by atoms with Crippen molar-refractivity contribution in [2.75, 3.05) is 21.3 Å². The lowest BCUT2D eigenvalue weighted by Crippen LogP contribution is -2.59. The lowest BCUT2D eigenvalue weighted by Gasteiger charge is -2.44. The maximum absolute atomic E-state index is 13.8. The number of rotatable bonds is 6. The van der Waals surface area contributed by atoms with E-state index in [4.69, 9.17) is 28.4 Å². The maximum Gasteiger partial charge on any atom is 0.306 e. The van der Waals surface area contributed by atoms with Crippen LogP contribution in [-0.2, 0) is 38.0 Å². The van der Waals surface area contributed by atoms with Crippen molar-refractivity contribution in [1.82, 2.24) is 0 Å². The molecule has 2 heterocycles. The van der Waals surface area contributed by atoms with E-state index in [-0.39, 0.29) is 72.4 Å². The molecule has 0 aromatic carbocycles. The fourth-order valence-corrected chi connectivity index (χ4v) is 8.93. The first-order chi connectivity index (χ1) is 20.2. The predicted molar refractivity (Wildman–Crippen MR) is 154 cm³/mol. The number of ketones is 1. The van der Waals surface area contributed by atoms with Crippen molar-refractivity contribution >= 4 is 11.8 Å². The molecule has 238 valence electrons. The minimum absolute atomic E-state index is 0.0202. The van der Waals surface area contributed by atoms with Crippen LogP contribution < -0.4 is 0 Å². The Hall–Kier alpha value is -1.36. The molecule has 0 aromatic heterocycles. The molecular weight excluding hydrogens is 540 g/mol. The lowest BCUT2D eigenvalue weighted by atomic mass is 9.71. The smallest absolute Gasteiger partial charge is 0.306 e. The van der Waals surface area contributed by atoms with Gasteiger partial charge in [0.1, 0.15) is 30.2 Å². The Morgan fingerprint density at radius 2 is 1.64 bits per heavy atom. The molecule has 4 fully saturated rings. The summed E-state index contributed by atoms with van der Waals surface area (Å²) in [4.78, 5) is 27.0. The average Bonchev–Trinajstić information content (AvgIpc) is 3.55. The van der Waals surface area contributed by atoms with Gasteiger partial charge in [0.15, 0.2) is 6.29 Å². The average molecular weight is 593 g/mol. The quantitative estimate of drug-likeness (QED) is 0.360. The highest BCUT2D eigenvalue weighted by Gasteiger charge is 2.55. The van der Waals surface area contributed by atoms with E-state index in [1.54, 1.807) is 21.3 Å². The van der Waals surface area contributed by atoms with Crippen LogP contribution in [0.5, 0.6) is 0 Å². The SMILES string of the molecule is CC[C@H]1CCC[C@H](O)[C@@H](C)C(=O)C2C[C@@H]3[C@@H](C=C[C@@H]4C[C@@H](O[C@@H]5O[C@@H](C)[C@H](OC)[C@@H](OC)[C@H]5OC)C[C@@H]34)[C@@H]2CC(=O)O1.